The van der Waals surface area contributed by atoms with Crippen LogP contribution in [0.25, 0.3) is 0 Å². The quantitative estimate of drug-likeness (QED) is 0.130. The van der Waals surface area contributed by atoms with Crippen molar-refractivity contribution < 1.29 is 24.9 Å². The third kappa shape index (κ3) is 12.4. The Kier molecular flexibility index (Phi) is 12.9. The van der Waals surface area contributed by atoms with Gasteiger partial charge in [0, 0.05) is 39.7 Å². The zero-order chi connectivity index (χ0) is 34.7. The summed E-state index contributed by atoms with van der Waals surface area (Å²) in [5, 5.41) is 40.4. The van der Waals surface area contributed by atoms with Gasteiger partial charge in [-0.1, -0.05) is 25.7 Å². The van der Waals surface area contributed by atoms with Gasteiger partial charge in [-0.3, -0.25) is 9.59 Å². The normalized spacial score (nSPS) is 26.0. The second kappa shape index (κ2) is 14.5. The van der Waals surface area contributed by atoms with Gasteiger partial charge in [-0.25, -0.2) is 0 Å². The summed E-state index contributed by atoms with van der Waals surface area (Å²) < 4.78 is 0. The number of carboxylic acids is 2. The summed E-state index contributed by atoms with van der Waals surface area (Å²) in [6, 6.07) is 0. The smallest absolute Gasteiger partial charge is 0.310 e. The van der Waals surface area contributed by atoms with E-state index in [1.807, 2.05) is 0 Å². The summed E-state index contributed by atoms with van der Waals surface area (Å²) in [5.74, 6) is -1.14. The van der Waals surface area contributed by atoms with Gasteiger partial charge in [0.25, 0.3) is 0 Å². The van der Waals surface area contributed by atoms with Crippen molar-refractivity contribution in [2.45, 2.75) is 206 Å². The van der Waals surface area contributed by atoms with E-state index in [-0.39, 0.29) is 57.6 Å². The number of unbranched alkanes of at least 4 members (excludes halogenated alkanes) is 4. The summed E-state index contributed by atoms with van der Waals surface area (Å²) in [5.41, 5.74) is -1.02. The average molecular weight is 638 g/mol. The number of carboxylic acid groups (broad SMARTS) is 2. The molecule has 3 heterocycles. The molecule has 0 amide bonds. The summed E-state index contributed by atoms with van der Waals surface area (Å²) in [4.78, 5) is 24.2. The van der Waals surface area contributed by atoms with Crippen molar-refractivity contribution >= 4 is 11.9 Å². The van der Waals surface area contributed by atoms with Crippen LogP contribution in [-0.4, -0.2) is 66.6 Å². The van der Waals surface area contributed by atoms with E-state index in [4.69, 9.17) is 5.11 Å². The molecule has 6 N–H and O–H groups in total. The van der Waals surface area contributed by atoms with Crippen LogP contribution in [0, 0.1) is 17.3 Å². The molecule has 8 heteroatoms. The van der Waals surface area contributed by atoms with Crippen LogP contribution in [0.4, 0.5) is 0 Å². The van der Waals surface area contributed by atoms with Crippen molar-refractivity contribution in [1.82, 2.24) is 16.0 Å². The first-order valence-corrected chi connectivity index (χ1v) is 17.7. The zero-order valence-corrected chi connectivity index (χ0v) is 31.1. The Hall–Kier alpha value is -1.22. The summed E-state index contributed by atoms with van der Waals surface area (Å²) in [6.45, 7) is 26.3. The van der Waals surface area contributed by atoms with Gasteiger partial charge in [0.15, 0.2) is 0 Å². The fourth-order valence-electron chi connectivity index (χ4n) is 10.1. The lowest BCUT2D eigenvalue weighted by Gasteiger charge is -2.57. The van der Waals surface area contributed by atoms with Gasteiger partial charge >= 0.3 is 11.9 Å². The minimum absolute atomic E-state index is 0.0845. The highest BCUT2D eigenvalue weighted by Gasteiger charge is 2.58. The Balaban J connectivity index is 0.000000537. The average Bonchev–Trinajstić information content (AvgIpc) is 2.74. The lowest BCUT2D eigenvalue weighted by Crippen LogP contribution is -2.65. The molecule has 3 aliphatic rings. The molecule has 0 aromatic heterocycles. The van der Waals surface area contributed by atoms with E-state index in [0.717, 1.165) is 64.2 Å². The Morgan fingerprint density at radius 3 is 1.18 bits per heavy atom. The number of aliphatic hydroxyl groups is 1. The highest BCUT2D eigenvalue weighted by molar-refractivity contribution is 5.76. The summed E-state index contributed by atoms with van der Waals surface area (Å²) in [6.07, 6.45) is 10.4. The van der Waals surface area contributed by atoms with Gasteiger partial charge in [0.05, 0.1) is 11.5 Å². The molecule has 0 aromatic rings. The third-order valence-electron chi connectivity index (χ3n) is 10.4. The Morgan fingerprint density at radius 2 is 0.867 bits per heavy atom. The first-order chi connectivity index (χ1) is 20.2. The highest BCUT2D eigenvalue weighted by Crippen LogP contribution is 2.55. The van der Waals surface area contributed by atoms with Crippen LogP contribution in [0.3, 0.4) is 0 Å². The number of hydrogen-bond acceptors (Lipinski definition) is 6. The molecule has 0 bridgehead atoms. The van der Waals surface area contributed by atoms with Gasteiger partial charge in [0.1, 0.15) is 0 Å². The van der Waals surface area contributed by atoms with E-state index >= 15 is 0 Å². The van der Waals surface area contributed by atoms with Crippen molar-refractivity contribution in [3.8, 4) is 0 Å². The molecule has 3 aliphatic heterocycles. The number of hydrogen-bond donors (Lipinski definition) is 6. The second-order valence-corrected chi connectivity index (χ2v) is 19.0. The van der Waals surface area contributed by atoms with Gasteiger partial charge in [-0.05, 0) is 146 Å². The Morgan fingerprint density at radius 1 is 0.556 bits per heavy atom. The second-order valence-electron chi connectivity index (χ2n) is 19.0. The van der Waals surface area contributed by atoms with E-state index in [2.05, 4.69) is 99.0 Å². The molecule has 0 aromatic carbocycles. The molecule has 0 spiro atoms. The maximum Gasteiger partial charge on any atom is 0.310 e. The standard InChI is InChI=1S/C28H52N2O4.C9H19NO/c1-24(2)16-20(17-25(3,4)29-24)28(23(33)34,15-13-11-9-10-12-14-22(31)32)21-18-26(5,6)30-27(7,8)19-21;1-8(2)5-7(11)6-9(3,4)10-8/h20-21,29-30H,9-19H2,1-8H3,(H,31,32)(H,33,34);7,10-11H,5-6H2,1-4H3. The van der Waals surface area contributed by atoms with Gasteiger partial charge in [-0.15, -0.1) is 0 Å². The molecule has 3 rings (SSSR count). The van der Waals surface area contributed by atoms with E-state index in [1.54, 1.807) is 0 Å². The minimum Gasteiger partial charge on any atom is -0.481 e. The van der Waals surface area contributed by atoms with Crippen LogP contribution in [0.15, 0.2) is 0 Å². The zero-order valence-electron chi connectivity index (χ0n) is 31.1. The maximum atomic E-state index is 13.4. The number of nitrogens with one attached hydrogen (secondary N) is 3. The first-order valence-electron chi connectivity index (χ1n) is 17.7. The number of aliphatic hydroxyl groups excluding tert-OH is 1. The molecule has 0 unspecified atom stereocenters. The van der Waals surface area contributed by atoms with Crippen molar-refractivity contribution in [2.24, 2.45) is 17.3 Å². The van der Waals surface area contributed by atoms with E-state index < -0.39 is 17.4 Å². The van der Waals surface area contributed by atoms with Crippen LogP contribution in [0.2, 0.25) is 0 Å². The van der Waals surface area contributed by atoms with E-state index in [0.29, 0.717) is 12.8 Å². The lowest BCUT2D eigenvalue weighted by molar-refractivity contribution is -0.166. The molecule has 0 saturated carbocycles. The van der Waals surface area contributed by atoms with Crippen molar-refractivity contribution in [3.05, 3.63) is 0 Å². The predicted octanol–water partition coefficient (Wildman–Crippen LogP) is 7.27. The highest BCUT2D eigenvalue weighted by atomic mass is 16.4. The molecule has 0 radical (unpaired) electrons. The van der Waals surface area contributed by atoms with Crippen LogP contribution in [-0.2, 0) is 9.59 Å². The molecule has 0 atom stereocenters. The van der Waals surface area contributed by atoms with Gasteiger partial charge in [0.2, 0.25) is 0 Å². The third-order valence-corrected chi connectivity index (χ3v) is 10.4. The molecule has 3 saturated heterocycles. The van der Waals surface area contributed by atoms with Crippen molar-refractivity contribution in [2.75, 3.05) is 0 Å². The topological polar surface area (TPSA) is 131 Å². The fourth-order valence-corrected chi connectivity index (χ4v) is 10.1. The Bertz CT molecular complexity index is 914. The molecule has 0 aliphatic carbocycles. The van der Waals surface area contributed by atoms with Crippen molar-refractivity contribution in [3.63, 3.8) is 0 Å². The number of aliphatic carboxylic acids is 2. The molecule has 45 heavy (non-hydrogen) atoms. The maximum absolute atomic E-state index is 13.4. The monoisotopic (exact) mass is 638 g/mol. The SMILES string of the molecule is CC1(C)CC(C(CCCCCCCC(=O)O)(C(=O)O)C2CC(C)(C)NC(C)(C)C2)CC(C)(C)N1.CC1(C)CC(O)CC(C)(C)N1. The predicted molar refractivity (Wildman–Crippen MR) is 185 cm³/mol. The van der Waals surface area contributed by atoms with Gasteiger partial charge in [-0.2, -0.15) is 0 Å². The fraction of sp³-hybridized carbons (Fsp3) is 0.946. The lowest BCUT2D eigenvalue weighted by atomic mass is 9.52. The molecule has 8 nitrogen and oxygen atoms in total. The number of carbonyl (C=O) groups is 2. The van der Waals surface area contributed by atoms with Crippen LogP contribution in [0.5, 0.6) is 0 Å². The summed E-state index contributed by atoms with van der Waals surface area (Å²) in [7, 11) is 0. The van der Waals surface area contributed by atoms with Gasteiger partial charge < -0.3 is 31.3 Å². The molecular weight excluding hydrogens is 566 g/mol. The van der Waals surface area contributed by atoms with Crippen LogP contribution in [0.1, 0.15) is 167 Å². The Labute approximate surface area is 275 Å². The van der Waals surface area contributed by atoms with E-state index in [1.165, 1.54) is 0 Å². The first kappa shape index (κ1) is 40.0. The largest absolute Gasteiger partial charge is 0.481 e. The molecule has 264 valence electrons. The molecular formula is C37H71N3O5. The van der Waals surface area contributed by atoms with Crippen LogP contribution >= 0.6 is 0 Å². The summed E-state index contributed by atoms with van der Waals surface area (Å²) >= 11 is 0. The number of piperidine rings is 3. The van der Waals surface area contributed by atoms with Crippen molar-refractivity contribution in [1.29, 1.82) is 0 Å². The van der Waals surface area contributed by atoms with Crippen LogP contribution < -0.4 is 16.0 Å². The molecule has 3 fully saturated rings. The minimum atomic E-state index is -0.756. The number of rotatable bonds is 11. The van der Waals surface area contributed by atoms with E-state index in [9.17, 15) is 19.8 Å².